The van der Waals surface area contributed by atoms with Crippen molar-refractivity contribution in [2.45, 2.75) is 0 Å². The third kappa shape index (κ3) is 5.22. The quantitative estimate of drug-likeness (QED) is 0.125. The highest BCUT2D eigenvalue weighted by Gasteiger charge is 2.18. The van der Waals surface area contributed by atoms with Crippen LogP contribution in [-0.2, 0) is 0 Å². The van der Waals surface area contributed by atoms with Crippen LogP contribution in [-0.4, -0.2) is 9.97 Å². The fourth-order valence-corrected chi connectivity index (χ4v) is 9.27. The lowest BCUT2D eigenvalue weighted by Gasteiger charge is -2.15. The Bertz CT molecular complexity index is 3740. The molecule has 0 unspecified atom stereocenters. The van der Waals surface area contributed by atoms with Crippen molar-refractivity contribution in [3.8, 4) is 22.5 Å². The first-order chi connectivity index (χ1) is 29.2. The third-order valence-corrected chi connectivity index (χ3v) is 12.0. The second-order valence-corrected chi connectivity index (χ2v) is 15.3. The Balaban J connectivity index is 1.05. The first-order valence-corrected chi connectivity index (χ1v) is 20.0. The minimum absolute atomic E-state index is 0.676. The molecule has 12 aromatic rings. The van der Waals surface area contributed by atoms with E-state index in [0.29, 0.717) is 5.82 Å². The average molecular weight is 751 g/mol. The summed E-state index contributed by atoms with van der Waals surface area (Å²) in [6, 6.07) is 60.6. The van der Waals surface area contributed by atoms with Crippen LogP contribution in [0.4, 0.5) is 0 Å². The second-order valence-electron chi connectivity index (χ2n) is 15.3. The number of para-hydroxylation sites is 1. The van der Waals surface area contributed by atoms with Gasteiger partial charge in [0.1, 0.15) is 11.2 Å². The minimum Gasteiger partial charge on any atom is -0.456 e. The molecule has 10 aromatic carbocycles. The van der Waals surface area contributed by atoms with Gasteiger partial charge in [0.2, 0.25) is 0 Å². The predicted molar refractivity (Wildman–Crippen MR) is 250 cm³/mol. The molecular weight excluding hydrogens is 717 g/mol. The van der Waals surface area contributed by atoms with Crippen LogP contribution in [0.25, 0.3) is 121 Å². The lowest BCUT2D eigenvalue weighted by atomic mass is 9.89. The molecule has 2 heterocycles. The number of benzene rings is 10. The molecule has 0 spiro atoms. The van der Waals surface area contributed by atoms with Gasteiger partial charge in [0.05, 0.1) is 11.2 Å². The minimum atomic E-state index is 0.676. The van der Waals surface area contributed by atoms with E-state index in [4.69, 9.17) is 14.4 Å². The van der Waals surface area contributed by atoms with Crippen LogP contribution < -0.4 is 0 Å². The summed E-state index contributed by atoms with van der Waals surface area (Å²) in [5.74, 6) is 0.676. The zero-order valence-corrected chi connectivity index (χ0v) is 32.0. The summed E-state index contributed by atoms with van der Waals surface area (Å²) >= 11 is 0. The maximum atomic E-state index is 6.32. The van der Waals surface area contributed by atoms with Crippen LogP contribution in [0, 0.1) is 0 Å². The molecule has 0 aliphatic rings. The highest BCUT2D eigenvalue weighted by molar-refractivity contribution is 6.33. The number of allylic oxidation sites excluding steroid dienone is 4. The number of hydrogen-bond donors (Lipinski definition) is 0. The number of aromatic nitrogens is 2. The van der Waals surface area contributed by atoms with E-state index in [-0.39, 0.29) is 0 Å². The van der Waals surface area contributed by atoms with Crippen molar-refractivity contribution in [2.75, 3.05) is 0 Å². The van der Waals surface area contributed by atoms with Gasteiger partial charge in [0, 0.05) is 27.3 Å². The average Bonchev–Trinajstić information content (AvgIpc) is 3.69. The molecule has 274 valence electrons. The Kier molecular flexibility index (Phi) is 7.38. The Labute approximate surface area is 339 Å². The summed E-state index contributed by atoms with van der Waals surface area (Å²) in [6.07, 6.45) is 8.12. The molecule has 2 aromatic heterocycles. The van der Waals surface area contributed by atoms with E-state index >= 15 is 0 Å². The summed E-state index contributed by atoms with van der Waals surface area (Å²) in [7, 11) is 0. The van der Waals surface area contributed by atoms with Crippen molar-refractivity contribution >= 4 is 98.4 Å². The predicted octanol–water partition coefficient (Wildman–Crippen LogP) is 15.3. The van der Waals surface area contributed by atoms with E-state index in [9.17, 15) is 0 Å². The fraction of sp³-hybridized carbons (Fsp3) is 0. The summed E-state index contributed by atoms with van der Waals surface area (Å²) < 4.78 is 6.32. The molecule has 0 radical (unpaired) electrons. The number of hydrogen-bond acceptors (Lipinski definition) is 3. The lowest BCUT2D eigenvalue weighted by molar-refractivity contribution is 0.669. The molecule has 59 heavy (non-hydrogen) atoms. The van der Waals surface area contributed by atoms with Gasteiger partial charge in [-0.1, -0.05) is 164 Å². The third-order valence-electron chi connectivity index (χ3n) is 12.0. The summed E-state index contributed by atoms with van der Waals surface area (Å²) in [5, 5.41) is 15.5. The maximum absolute atomic E-state index is 6.32. The zero-order valence-electron chi connectivity index (χ0n) is 32.0. The Hall–Kier alpha value is -7.88. The first-order valence-electron chi connectivity index (χ1n) is 20.0. The molecule has 12 rings (SSSR count). The summed E-state index contributed by atoms with van der Waals surface area (Å²) in [5.41, 5.74) is 8.97. The van der Waals surface area contributed by atoms with Gasteiger partial charge < -0.3 is 4.42 Å². The molecule has 3 nitrogen and oxygen atoms in total. The molecule has 0 bridgehead atoms. The van der Waals surface area contributed by atoms with Gasteiger partial charge in [-0.2, -0.15) is 0 Å². The SMILES string of the molecule is C=C/C(=C\C=C\c1ccccc1)c1nc(-c2ccc3c4ccccc4c4ccc(-c5ccc6c(c5)c5cccc7oc8cccc6c8c75)cc4c3c2)nc2ccccc12. The van der Waals surface area contributed by atoms with E-state index in [2.05, 4.69) is 164 Å². The molecular formula is C56H34N2O. The van der Waals surface area contributed by atoms with Crippen LogP contribution in [0.2, 0.25) is 0 Å². The molecule has 0 N–H and O–H groups in total. The standard InChI is InChI=1S/C56H34N2O/c1-2-35(16-10-15-34-13-4-3-5-14-34)55-46-19-8-9-22-50(46)57-56(58-55)38-27-30-42-40-18-7-6-17-39(40)41-28-25-37(32-48(41)49(42)33-38)36-26-29-43-44-20-11-23-51-53(44)54-45(47(43)31-36)21-12-24-52(54)59-51/h2-33H,1H2/b15-10+,35-16+. The normalized spacial score (nSPS) is 12.5. The van der Waals surface area contributed by atoms with E-state index in [1.54, 1.807) is 0 Å². The van der Waals surface area contributed by atoms with Gasteiger partial charge in [0.25, 0.3) is 0 Å². The van der Waals surface area contributed by atoms with Crippen molar-refractivity contribution < 1.29 is 4.42 Å². The summed E-state index contributed by atoms with van der Waals surface area (Å²) in [4.78, 5) is 10.4. The van der Waals surface area contributed by atoms with Crippen molar-refractivity contribution in [3.05, 3.63) is 206 Å². The van der Waals surface area contributed by atoms with Gasteiger partial charge in [-0.05, 0) is 107 Å². The van der Waals surface area contributed by atoms with E-state index < -0.39 is 0 Å². The smallest absolute Gasteiger partial charge is 0.160 e. The van der Waals surface area contributed by atoms with Crippen LogP contribution in [0.15, 0.2) is 199 Å². The Morgan fingerprint density at radius 1 is 0.441 bits per heavy atom. The van der Waals surface area contributed by atoms with Gasteiger partial charge in [-0.3, -0.25) is 0 Å². The molecule has 3 heteroatoms. The number of rotatable bonds is 6. The fourth-order valence-electron chi connectivity index (χ4n) is 9.27. The Morgan fingerprint density at radius 2 is 0.949 bits per heavy atom. The van der Waals surface area contributed by atoms with Gasteiger partial charge in [-0.15, -0.1) is 0 Å². The lowest BCUT2D eigenvalue weighted by Crippen LogP contribution is -1.97. The van der Waals surface area contributed by atoms with Gasteiger partial charge in [0.15, 0.2) is 5.82 Å². The number of fused-ring (bicyclic) bond motifs is 10. The van der Waals surface area contributed by atoms with E-state index in [1.807, 2.05) is 36.4 Å². The number of nitrogens with zero attached hydrogens (tertiary/aromatic N) is 2. The molecule has 0 aliphatic heterocycles. The van der Waals surface area contributed by atoms with Crippen molar-refractivity contribution in [3.63, 3.8) is 0 Å². The van der Waals surface area contributed by atoms with Crippen molar-refractivity contribution in [2.24, 2.45) is 0 Å². The Morgan fingerprint density at radius 3 is 1.61 bits per heavy atom. The van der Waals surface area contributed by atoms with Crippen LogP contribution in [0.3, 0.4) is 0 Å². The van der Waals surface area contributed by atoms with Gasteiger partial charge in [-0.25, -0.2) is 9.97 Å². The largest absolute Gasteiger partial charge is 0.456 e. The summed E-state index contributed by atoms with van der Waals surface area (Å²) in [6.45, 7) is 4.19. The maximum Gasteiger partial charge on any atom is 0.160 e. The topological polar surface area (TPSA) is 38.9 Å². The van der Waals surface area contributed by atoms with Crippen LogP contribution in [0.1, 0.15) is 11.3 Å². The highest BCUT2D eigenvalue weighted by atomic mass is 16.3. The van der Waals surface area contributed by atoms with Gasteiger partial charge >= 0.3 is 0 Å². The zero-order chi connectivity index (χ0) is 39.0. The molecule has 0 aliphatic carbocycles. The molecule has 0 saturated carbocycles. The van der Waals surface area contributed by atoms with Crippen molar-refractivity contribution in [1.29, 1.82) is 0 Å². The highest BCUT2D eigenvalue weighted by Crippen LogP contribution is 2.44. The molecule has 0 fully saturated rings. The first kappa shape index (κ1) is 33.3. The van der Waals surface area contributed by atoms with Crippen LogP contribution in [0.5, 0.6) is 0 Å². The second kappa shape index (κ2) is 13.1. The number of furan rings is 1. The van der Waals surface area contributed by atoms with Crippen LogP contribution >= 0.6 is 0 Å². The molecule has 0 atom stereocenters. The molecule has 0 saturated heterocycles. The van der Waals surface area contributed by atoms with E-state index in [1.165, 1.54) is 75.8 Å². The van der Waals surface area contributed by atoms with Crippen molar-refractivity contribution in [1.82, 2.24) is 9.97 Å². The monoisotopic (exact) mass is 750 g/mol. The van der Waals surface area contributed by atoms with E-state index in [0.717, 1.165) is 44.5 Å². The molecule has 0 amide bonds.